The molecule has 0 amide bonds. The van der Waals surface area contributed by atoms with Gasteiger partial charge in [-0.2, -0.15) is 0 Å². The van der Waals surface area contributed by atoms with Gasteiger partial charge >= 0.3 is 0 Å². The van der Waals surface area contributed by atoms with Gasteiger partial charge in [0.05, 0.1) is 27.4 Å². The van der Waals surface area contributed by atoms with Crippen LogP contribution in [0.3, 0.4) is 0 Å². The van der Waals surface area contributed by atoms with Crippen LogP contribution in [0.15, 0.2) is 41.4 Å². The van der Waals surface area contributed by atoms with Gasteiger partial charge in [-0.15, -0.1) is 24.0 Å². The summed E-state index contributed by atoms with van der Waals surface area (Å²) in [7, 11) is 4.95. The highest BCUT2D eigenvalue weighted by Gasteiger charge is 2.08. The minimum atomic E-state index is 0. The van der Waals surface area contributed by atoms with E-state index < -0.39 is 0 Å². The maximum Gasteiger partial charge on any atom is 0.191 e. The number of nitrogens with zero attached hydrogens (tertiary/aromatic N) is 1. The molecule has 0 aliphatic rings. The number of hydrogen-bond acceptors (Lipinski definition) is 5. The number of methoxy groups -OCH3 is 3. The van der Waals surface area contributed by atoms with Gasteiger partial charge in [-0.25, -0.2) is 4.99 Å². The summed E-state index contributed by atoms with van der Waals surface area (Å²) >= 11 is 0. The highest BCUT2D eigenvalue weighted by molar-refractivity contribution is 14.0. The topological polar surface area (TPSA) is 73.3 Å². The second-order valence-electron chi connectivity index (χ2n) is 6.68. The summed E-state index contributed by atoms with van der Waals surface area (Å²) in [6.07, 6.45) is 0. The molecule has 8 heteroatoms. The lowest BCUT2D eigenvalue weighted by Crippen LogP contribution is -2.36. The zero-order chi connectivity index (χ0) is 21.8. The second kappa shape index (κ2) is 14.7. The minimum Gasteiger partial charge on any atom is -0.497 e. The summed E-state index contributed by atoms with van der Waals surface area (Å²) in [6, 6.07) is 11.9. The molecule has 0 bridgehead atoms. The number of aliphatic imine (C=N–C) groups is 1. The van der Waals surface area contributed by atoms with Crippen LogP contribution in [0.4, 0.5) is 0 Å². The molecule has 0 saturated carbocycles. The smallest absolute Gasteiger partial charge is 0.191 e. The van der Waals surface area contributed by atoms with E-state index >= 15 is 0 Å². The van der Waals surface area contributed by atoms with E-state index in [0.717, 1.165) is 46.4 Å². The molecule has 7 nitrogen and oxygen atoms in total. The number of aryl methyl sites for hydroxylation is 1. The Balaban J connectivity index is 0.00000480. The van der Waals surface area contributed by atoms with E-state index in [2.05, 4.69) is 22.8 Å². The van der Waals surface area contributed by atoms with Gasteiger partial charge in [-0.1, -0.05) is 12.1 Å². The molecule has 2 aromatic rings. The molecule has 31 heavy (non-hydrogen) atoms. The van der Waals surface area contributed by atoms with Gasteiger partial charge < -0.3 is 29.6 Å². The molecular formula is C23H34IN3O4. The number of halogens is 1. The molecule has 0 aliphatic heterocycles. The first kappa shape index (κ1) is 26.8. The number of hydrogen-bond donors (Lipinski definition) is 2. The lowest BCUT2D eigenvalue weighted by Gasteiger charge is -2.15. The van der Waals surface area contributed by atoms with Crippen molar-refractivity contribution in [3.05, 3.63) is 53.1 Å². The van der Waals surface area contributed by atoms with Crippen LogP contribution in [0.5, 0.6) is 17.2 Å². The maximum absolute atomic E-state index is 5.88. The lowest BCUT2D eigenvalue weighted by molar-refractivity contribution is 0.145. The number of benzene rings is 2. The Morgan fingerprint density at radius 1 is 0.903 bits per heavy atom. The van der Waals surface area contributed by atoms with E-state index in [4.69, 9.17) is 23.9 Å². The number of ether oxygens (including phenoxy) is 4. The fourth-order valence-corrected chi connectivity index (χ4v) is 2.84. The van der Waals surface area contributed by atoms with Crippen LogP contribution < -0.4 is 24.8 Å². The molecule has 0 atom stereocenters. The van der Waals surface area contributed by atoms with Crippen molar-refractivity contribution in [2.24, 2.45) is 4.99 Å². The first-order chi connectivity index (χ1) is 14.6. The summed E-state index contributed by atoms with van der Waals surface area (Å²) in [6.45, 7) is 6.98. The molecule has 0 spiro atoms. The molecular weight excluding hydrogens is 509 g/mol. The highest BCUT2D eigenvalue weighted by atomic mass is 127. The molecule has 0 saturated heterocycles. The van der Waals surface area contributed by atoms with Crippen molar-refractivity contribution in [2.45, 2.75) is 26.9 Å². The Bertz CT molecular complexity index is 830. The van der Waals surface area contributed by atoms with Crippen LogP contribution >= 0.6 is 24.0 Å². The standard InChI is InChI=1S/C23H33N3O4.HI/c1-6-24-23(25-15-18-9-10-20(28-4)14-21(18)29-5)26-16-19-8-7-17(2)13-22(19)30-12-11-27-3;/h7-10,13-14H,6,11-12,15-16H2,1-5H3,(H2,24,25,26);1H. The summed E-state index contributed by atoms with van der Waals surface area (Å²) in [5.41, 5.74) is 3.19. The molecule has 0 aliphatic carbocycles. The zero-order valence-electron chi connectivity index (χ0n) is 19.0. The van der Waals surface area contributed by atoms with Crippen molar-refractivity contribution >= 4 is 29.9 Å². The van der Waals surface area contributed by atoms with Crippen LogP contribution in [-0.2, 0) is 17.8 Å². The quantitative estimate of drug-likeness (QED) is 0.194. The average molecular weight is 543 g/mol. The van der Waals surface area contributed by atoms with Gasteiger partial charge in [0.1, 0.15) is 23.9 Å². The predicted molar refractivity (Wildman–Crippen MR) is 135 cm³/mol. The van der Waals surface area contributed by atoms with Gasteiger partial charge in [-0.3, -0.25) is 0 Å². The largest absolute Gasteiger partial charge is 0.497 e. The average Bonchev–Trinajstić information content (AvgIpc) is 2.76. The minimum absolute atomic E-state index is 0. The Morgan fingerprint density at radius 3 is 2.35 bits per heavy atom. The van der Waals surface area contributed by atoms with Gasteiger partial charge in [0.25, 0.3) is 0 Å². The second-order valence-corrected chi connectivity index (χ2v) is 6.68. The normalized spacial score (nSPS) is 10.8. The van der Waals surface area contributed by atoms with Crippen LogP contribution in [0, 0.1) is 6.92 Å². The van der Waals surface area contributed by atoms with E-state index in [1.807, 2.05) is 38.1 Å². The van der Waals surface area contributed by atoms with Crippen molar-refractivity contribution < 1.29 is 18.9 Å². The van der Waals surface area contributed by atoms with Crippen molar-refractivity contribution in [1.82, 2.24) is 10.6 Å². The predicted octanol–water partition coefficient (Wildman–Crippen LogP) is 3.91. The highest BCUT2D eigenvalue weighted by Crippen LogP contribution is 2.25. The summed E-state index contributed by atoms with van der Waals surface area (Å²) < 4.78 is 21.7. The Labute approximate surface area is 202 Å². The SMILES string of the molecule is CCNC(=NCc1ccc(OC)cc1OC)NCc1ccc(C)cc1OCCOC.I. The third-order valence-corrected chi connectivity index (χ3v) is 4.46. The van der Waals surface area contributed by atoms with Crippen LogP contribution in [0.1, 0.15) is 23.6 Å². The molecule has 2 N–H and O–H groups in total. The first-order valence-corrected chi connectivity index (χ1v) is 10.1. The number of rotatable bonds is 11. The monoisotopic (exact) mass is 543 g/mol. The van der Waals surface area contributed by atoms with E-state index in [0.29, 0.717) is 26.3 Å². The van der Waals surface area contributed by atoms with Crippen LogP contribution in [0.2, 0.25) is 0 Å². The van der Waals surface area contributed by atoms with E-state index in [1.165, 1.54) is 0 Å². The molecule has 0 aromatic heterocycles. The Kier molecular flexibility index (Phi) is 12.8. The molecule has 2 rings (SSSR count). The molecule has 0 heterocycles. The molecule has 2 aromatic carbocycles. The van der Waals surface area contributed by atoms with E-state index in [1.54, 1.807) is 21.3 Å². The van der Waals surface area contributed by atoms with Crippen molar-refractivity contribution in [3.63, 3.8) is 0 Å². The van der Waals surface area contributed by atoms with E-state index in [9.17, 15) is 0 Å². The molecule has 0 unspecified atom stereocenters. The first-order valence-electron chi connectivity index (χ1n) is 10.1. The summed E-state index contributed by atoms with van der Waals surface area (Å²) in [5, 5.41) is 6.66. The van der Waals surface area contributed by atoms with Gasteiger partial charge in [0.2, 0.25) is 0 Å². The fraction of sp³-hybridized carbons (Fsp3) is 0.435. The Hall–Kier alpha value is -2.20. The Morgan fingerprint density at radius 2 is 1.68 bits per heavy atom. The van der Waals surface area contributed by atoms with Crippen LogP contribution in [-0.4, -0.2) is 47.0 Å². The maximum atomic E-state index is 5.88. The van der Waals surface area contributed by atoms with Crippen molar-refractivity contribution in [1.29, 1.82) is 0 Å². The van der Waals surface area contributed by atoms with Gasteiger partial charge in [-0.05, 0) is 37.6 Å². The number of guanidine groups is 1. The van der Waals surface area contributed by atoms with Crippen molar-refractivity contribution in [2.75, 3.05) is 41.1 Å². The van der Waals surface area contributed by atoms with Crippen molar-refractivity contribution in [3.8, 4) is 17.2 Å². The summed E-state index contributed by atoms with van der Waals surface area (Å²) in [4.78, 5) is 4.70. The fourth-order valence-electron chi connectivity index (χ4n) is 2.84. The zero-order valence-corrected chi connectivity index (χ0v) is 21.3. The van der Waals surface area contributed by atoms with Crippen LogP contribution in [0.25, 0.3) is 0 Å². The molecule has 172 valence electrons. The lowest BCUT2D eigenvalue weighted by atomic mass is 10.1. The molecule has 0 radical (unpaired) electrons. The third kappa shape index (κ3) is 8.82. The summed E-state index contributed by atoms with van der Waals surface area (Å²) in [5.74, 6) is 3.08. The third-order valence-electron chi connectivity index (χ3n) is 4.46. The van der Waals surface area contributed by atoms with Gasteiger partial charge in [0, 0.05) is 37.4 Å². The van der Waals surface area contributed by atoms with Gasteiger partial charge in [0.15, 0.2) is 5.96 Å². The molecule has 0 fully saturated rings. The van der Waals surface area contributed by atoms with E-state index in [-0.39, 0.29) is 24.0 Å². The number of nitrogens with one attached hydrogen (secondary N) is 2.